The molecule has 0 unspecified atom stereocenters. The van der Waals surface area contributed by atoms with Crippen LogP contribution in [0.1, 0.15) is 5.56 Å². The van der Waals surface area contributed by atoms with Crippen LogP contribution in [-0.2, 0) is 6.54 Å². The van der Waals surface area contributed by atoms with Crippen LogP contribution in [0.4, 0.5) is 4.39 Å². The molecule has 1 rings (SSSR count). The van der Waals surface area contributed by atoms with Crippen LogP contribution < -0.4 is 5.32 Å². The lowest BCUT2D eigenvalue weighted by Crippen LogP contribution is -2.07. The van der Waals surface area contributed by atoms with Gasteiger partial charge in [-0.3, -0.25) is 0 Å². The first-order chi connectivity index (χ1) is 5.25. The van der Waals surface area contributed by atoms with E-state index in [1.54, 1.807) is 13.1 Å². The van der Waals surface area contributed by atoms with Crippen LogP contribution in [-0.4, -0.2) is 7.05 Å². The molecule has 0 radical (unpaired) electrons. The number of halogens is 2. The van der Waals surface area contributed by atoms with Gasteiger partial charge in [0.25, 0.3) is 0 Å². The van der Waals surface area contributed by atoms with Crippen molar-refractivity contribution in [2.24, 2.45) is 0 Å². The van der Waals surface area contributed by atoms with E-state index in [0.29, 0.717) is 12.1 Å². The standard InChI is InChI=1S/C8H9BrFN/c1-11-5-6-7(9)3-2-4-8(6)10/h2-4,11H,5H2,1H3. The number of rotatable bonds is 2. The fourth-order valence-corrected chi connectivity index (χ4v) is 1.36. The summed E-state index contributed by atoms with van der Waals surface area (Å²) in [6.45, 7) is 0.549. The smallest absolute Gasteiger partial charge is 0.128 e. The summed E-state index contributed by atoms with van der Waals surface area (Å²) in [6, 6.07) is 4.96. The molecule has 0 aliphatic carbocycles. The van der Waals surface area contributed by atoms with Crippen molar-refractivity contribution in [3.63, 3.8) is 0 Å². The number of nitrogens with one attached hydrogen (secondary N) is 1. The Labute approximate surface area is 73.7 Å². The van der Waals surface area contributed by atoms with Gasteiger partial charge in [-0.15, -0.1) is 0 Å². The van der Waals surface area contributed by atoms with Gasteiger partial charge in [0, 0.05) is 16.6 Å². The number of hydrogen-bond acceptors (Lipinski definition) is 1. The normalized spacial score (nSPS) is 10.1. The lowest BCUT2D eigenvalue weighted by Gasteiger charge is -2.03. The minimum Gasteiger partial charge on any atom is -0.316 e. The predicted molar refractivity (Wildman–Crippen MR) is 46.9 cm³/mol. The predicted octanol–water partition coefficient (Wildman–Crippen LogP) is 2.31. The molecule has 0 atom stereocenters. The summed E-state index contributed by atoms with van der Waals surface area (Å²) in [5.41, 5.74) is 0.676. The van der Waals surface area contributed by atoms with E-state index in [0.717, 1.165) is 4.47 Å². The largest absolute Gasteiger partial charge is 0.316 e. The van der Waals surface area contributed by atoms with Gasteiger partial charge in [-0.2, -0.15) is 0 Å². The summed E-state index contributed by atoms with van der Waals surface area (Å²) in [7, 11) is 1.79. The van der Waals surface area contributed by atoms with Crippen molar-refractivity contribution >= 4 is 15.9 Å². The summed E-state index contributed by atoms with van der Waals surface area (Å²) < 4.78 is 13.8. The first-order valence-corrected chi connectivity index (χ1v) is 4.12. The first kappa shape index (κ1) is 8.68. The van der Waals surface area contributed by atoms with Crippen LogP contribution >= 0.6 is 15.9 Å². The van der Waals surface area contributed by atoms with Gasteiger partial charge in [-0.05, 0) is 19.2 Å². The molecule has 60 valence electrons. The summed E-state index contributed by atoms with van der Waals surface area (Å²) in [5, 5.41) is 2.90. The molecule has 1 aromatic carbocycles. The minimum absolute atomic E-state index is 0.172. The zero-order valence-corrected chi connectivity index (χ0v) is 7.78. The van der Waals surface area contributed by atoms with E-state index < -0.39 is 0 Å². The third-order valence-corrected chi connectivity index (χ3v) is 2.16. The van der Waals surface area contributed by atoms with E-state index in [1.165, 1.54) is 6.07 Å². The maximum Gasteiger partial charge on any atom is 0.128 e. The van der Waals surface area contributed by atoms with Gasteiger partial charge in [0.1, 0.15) is 5.82 Å². The van der Waals surface area contributed by atoms with Crippen molar-refractivity contribution < 1.29 is 4.39 Å². The maximum absolute atomic E-state index is 13.0. The lowest BCUT2D eigenvalue weighted by molar-refractivity contribution is 0.599. The van der Waals surface area contributed by atoms with Gasteiger partial charge in [-0.25, -0.2) is 4.39 Å². The molecule has 1 N–H and O–H groups in total. The van der Waals surface area contributed by atoms with E-state index in [1.807, 2.05) is 6.07 Å². The van der Waals surface area contributed by atoms with Crippen molar-refractivity contribution in [2.75, 3.05) is 7.05 Å². The molecule has 0 bridgehead atoms. The molecule has 0 aromatic heterocycles. The zero-order valence-electron chi connectivity index (χ0n) is 6.20. The van der Waals surface area contributed by atoms with Gasteiger partial charge in [0.2, 0.25) is 0 Å². The van der Waals surface area contributed by atoms with E-state index in [9.17, 15) is 4.39 Å². The molecular weight excluding hydrogens is 209 g/mol. The highest BCUT2D eigenvalue weighted by Crippen LogP contribution is 2.18. The Morgan fingerprint density at radius 3 is 2.82 bits per heavy atom. The van der Waals surface area contributed by atoms with Gasteiger partial charge >= 0.3 is 0 Å². The molecule has 1 nitrogen and oxygen atoms in total. The molecular formula is C8H9BrFN. The number of hydrogen-bond donors (Lipinski definition) is 1. The van der Waals surface area contributed by atoms with Crippen molar-refractivity contribution in [1.29, 1.82) is 0 Å². The Morgan fingerprint density at radius 1 is 1.55 bits per heavy atom. The third-order valence-electron chi connectivity index (χ3n) is 1.42. The highest BCUT2D eigenvalue weighted by atomic mass is 79.9. The SMILES string of the molecule is CNCc1c(F)cccc1Br. The minimum atomic E-state index is -0.172. The van der Waals surface area contributed by atoms with Crippen molar-refractivity contribution in [3.05, 3.63) is 34.1 Å². The summed E-state index contributed by atoms with van der Waals surface area (Å²) in [6.07, 6.45) is 0. The van der Waals surface area contributed by atoms with Crippen LogP contribution in [0.3, 0.4) is 0 Å². The highest BCUT2D eigenvalue weighted by molar-refractivity contribution is 9.10. The molecule has 11 heavy (non-hydrogen) atoms. The average molecular weight is 218 g/mol. The first-order valence-electron chi connectivity index (χ1n) is 3.33. The molecule has 0 aliphatic rings. The van der Waals surface area contributed by atoms with E-state index >= 15 is 0 Å². The second kappa shape index (κ2) is 3.83. The lowest BCUT2D eigenvalue weighted by atomic mass is 10.2. The van der Waals surface area contributed by atoms with Gasteiger partial charge in [-0.1, -0.05) is 22.0 Å². The topological polar surface area (TPSA) is 12.0 Å². The van der Waals surface area contributed by atoms with Gasteiger partial charge in [0.15, 0.2) is 0 Å². The van der Waals surface area contributed by atoms with Gasteiger partial charge in [0.05, 0.1) is 0 Å². The summed E-state index contributed by atoms with van der Waals surface area (Å²) in [5.74, 6) is -0.172. The van der Waals surface area contributed by atoms with E-state index in [2.05, 4.69) is 21.2 Å². The molecule has 3 heteroatoms. The maximum atomic E-state index is 13.0. The summed E-state index contributed by atoms with van der Waals surface area (Å²) >= 11 is 3.27. The molecule has 0 aliphatic heterocycles. The van der Waals surface area contributed by atoms with Crippen LogP contribution in [0.15, 0.2) is 22.7 Å². The van der Waals surface area contributed by atoms with Crippen LogP contribution in [0, 0.1) is 5.82 Å². The van der Waals surface area contributed by atoms with Gasteiger partial charge < -0.3 is 5.32 Å². The average Bonchev–Trinajstić information content (AvgIpc) is 1.97. The van der Waals surface area contributed by atoms with Crippen molar-refractivity contribution in [1.82, 2.24) is 5.32 Å². The molecule has 0 saturated carbocycles. The molecule has 0 fully saturated rings. The fourth-order valence-electron chi connectivity index (χ4n) is 0.878. The van der Waals surface area contributed by atoms with Crippen LogP contribution in [0.25, 0.3) is 0 Å². The van der Waals surface area contributed by atoms with E-state index in [4.69, 9.17) is 0 Å². The second-order valence-corrected chi connectivity index (χ2v) is 3.08. The highest BCUT2D eigenvalue weighted by Gasteiger charge is 2.03. The Balaban J connectivity index is 3.00. The Hall–Kier alpha value is -0.410. The molecule has 0 saturated heterocycles. The summed E-state index contributed by atoms with van der Waals surface area (Å²) in [4.78, 5) is 0. The third kappa shape index (κ3) is 2.01. The monoisotopic (exact) mass is 217 g/mol. The van der Waals surface area contributed by atoms with E-state index in [-0.39, 0.29) is 5.82 Å². The Morgan fingerprint density at radius 2 is 2.27 bits per heavy atom. The van der Waals surface area contributed by atoms with Crippen molar-refractivity contribution in [2.45, 2.75) is 6.54 Å². The van der Waals surface area contributed by atoms with Crippen LogP contribution in [0.5, 0.6) is 0 Å². The Kier molecular flexibility index (Phi) is 3.02. The van der Waals surface area contributed by atoms with Crippen molar-refractivity contribution in [3.8, 4) is 0 Å². The number of benzene rings is 1. The second-order valence-electron chi connectivity index (χ2n) is 2.23. The quantitative estimate of drug-likeness (QED) is 0.803. The zero-order chi connectivity index (χ0) is 8.27. The molecule has 0 amide bonds. The van der Waals surface area contributed by atoms with Crippen LogP contribution in [0.2, 0.25) is 0 Å². The fraction of sp³-hybridized carbons (Fsp3) is 0.250. The Bertz CT molecular complexity index is 230. The molecule has 1 aromatic rings. The molecule has 0 heterocycles. The molecule has 0 spiro atoms.